The van der Waals surface area contributed by atoms with Crippen molar-refractivity contribution in [1.82, 2.24) is 5.32 Å². The molecular formula is C20H24N2O8S. The van der Waals surface area contributed by atoms with Crippen molar-refractivity contribution in [3.05, 3.63) is 35.9 Å². The van der Waals surface area contributed by atoms with Crippen LogP contribution in [-0.4, -0.2) is 55.2 Å². The summed E-state index contributed by atoms with van der Waals surface area (Å²) >= 11 is 0. The third-order valence-corrected chi connectivity index (χ3v) is 5.73. The number of nitrogens with one attached hydrogen (secondary N) is 1. The molecule has 1 amide bonds. The average Bonchev–Trinajstić information content (AvgIpc) is 3.22. The molecule has 1 heterocycles. The molecule has 1 aliphatic rings. The summed E-state index contributed by atoms with van der Waals surface area (Å²) in [6.45, 7) is -0.250. The van der Waals surface area contributed by atoms with Crippen molar-refractivity contribution in [2.75, 3.05) is 45.2 Å². The van der Waals surface area contributed by atoms with E-state index >= 15 is 0 Å². The molecule has 31 heavy (non-hydrogen) atoms. The fourth-order valence-electron chi connectivity index (χ4n) is 3.12. The van der Waals surface area contributed by atoms with Crippen LogP contribution in [0.5, 0.6) is 28.7 Å². The van der Waals surface area contributed by atoms with Crippen LogP contribution in [0.2, 0.25) is 0 Å². The lowest BCUT2D eigenvalue weighted by Gasteiger charge is -2.22. The molecule has 1 N–H and O–H groups in total. The third kappa shape index (κ3) is 4.88. The van der Waals surface area contributed by atoms with E-state index in [2.05, 4.69) is 5.32 Å². The first-order chi connectivity index (χ1) is 14.8. The fourth-order valence-corrected chi connectivity index (χ4v) is 3.97. The SMILES string of the molecule is COc1ccc(CNC(=O)CN(c2ccc3c(c2)OCO3)S(C)(=O)=O)c(OC)c1OC. The summed E-state index contributed by atoms with van der Waals surface area (Å²) in [5, 5.41) is 2.71. The second-order valence-electron chi connectivity index (χ2n) is 6.58. The number of fused-ring (bicyclic) bond motifs is 1. The van der Waals surface area contributed by atoms with Crippen LogP contribution < -0.4 is 33.3 Å². The Bertz CT molecular complexity index is 1070. The van der Waals surface area contributed by atoms with E-state index in [1.165, 1.54) is 27.4 Å². The number of hydrogen-bond donors (Lipinski definition) is 1. The smallest absolute Gasteiger partial charge is 0.241 e. The van der Waals surface area contributed by atoms with Crippen LogP contribution in [0.4, 0.5) is 5.69 Å². The van der Waals surface area contributed by atoms with Crippen molar-refractivity contribution < 1.29 is 36.9 Å². The Morgan fingerprint density at radius 2 is 1.74 bits per heavy atom. The van der Waals surface area contributed by atoms with Crippen LogP contribution in [-0.2, 0) is 21.4 Å². The average molecular weight is 452 g/mol. The molecule has 0 saturated carbocycles. The molecule has 0 aliphatic carbocycles. The van der Waals surface area contributed by atoms with Crippen molar-refractivity contribution in [3.8, 4) is 28.7 Å². The van der Waals surface area contributed by atoms with Gasteiger partial charge in [-0.05, 0) is 24.3 Å². The van der Waals surface area contributed by atoms with Gasteiger partial charge < -0.3 is 29.0 Å². The molecule has 1 aliphatic heterocycles. The Kier molecular flexibility index (Phi) is 6.64. The molecule has 2 aromatic carbocycles. The molecule has 0 radical (unpaired) electrons. The quantitative estimate of drug-likeness (QED) is 0.610. The van der Waals surface area contributed by atoms with Gasteiger partial charge in [0.1, 0.15) is 6.54 Å². The number of methoxy groups -OCH3 is 3. The van der Waals surface area contributed by atoms with E-state index in [-0.39, 0.29) is 13.3 Å². The Morgan fingerprint density at radius 1 is 1.03 bits per heavy atom. The summed E-state index contributed by atoms with van der Waals surface area (Å²) in [7, 11) is 0.742. The molecule has 168 valence electrons. The minimum absolute atomic E-state index is 0.0608. The molecule has 0 fully saturated rings. The van der Waals surface area contributed by atoms with E-state index in [1.54, 1.807) is 24.3 Å². The van der Waals surface area contributed by atoms with Gasteiger partial charge in [0.2, 0.25) is 28.5 Å². The number of anilines is 1. The highest BCUT2D eigenvalue weighted by molar-refractivity contribution is 7.92. The normalized spacial score (nSPS) is 12.3. The number of hydrogen-bond acceptors (Lipinski definition) is 8. The Hall–Kier alpha value is -3.34. The minimum atomic E-state index is -3.73. The molecule has 0 bridgehead atoms. The molecule has 0 aromatic heterocycles. The lowest BCUT2D eigenvalue weighted by molar-refractivity contribution is -0.119. The predicted molar refractivity (Wildman–Crippen MR) is 113 cm³/mol. The van der Waals surface area contributed by atoms with Crippen LogP contribution in [0.25, 0.3) is 0 Å². The van der Waals surface area contributed by atoms with Crippen LogP contribution in [0, 0.1) is 0 Å². The summed E-state index contributed by atoms with van der Waals surface area (Å²) in [5.74, 6) is 1.73. The van der Waals surface area contributed by atoms with Crippen LogP contribution in [0.15, 0.2) is 30.3 Å². The van der Waals surface area contributed by atoms with Gasteiger partial charge in [0, 0.05) is 18.2 Å². The standard InChI is InChI=1S/C20H24N2O8S/c1-26-16-7-5-13(19(27-2)20(16)28-3)10-21-18(23)11-22(31(4,24)25)14-6-8-15-17(9-14)30-12-29-15/h5-9H,10-12H2,1-4H3,(H,21,23). The topological polar surface area (TPSA) is 113 Å². The van der Waals surface area contributed by atoms with Crippen LogP contribution >= 0.6 is 0 Å². The highest BCUT2D eigenvalue weighted by Crippen LogP contribution is 2.39. The number of carbonyl (C=O) groups is 1. The lowest BCUT2D eigenvalue weighted by atomic mass is 10.1. The molecule has 0 atom stereocenters. The maximum atomic E-state index is 12.6. The highest BCUT2D eigenvalue weighted by Gasteiger charge is 2.24. The first-order valence-electron chi connectivity index (χ1n) is 9.20. The Labute approximate surface area is 180 Å². The molecular weight excluding hydrogens is 428 g/mol. The van der Waals surface area contributed by atoms with Gasteiger partial charge >= 0.3 is 0 Å². The number of sulfonamides is 1. The predicted octanol–water partition coefficient (Wildman–Crippen LogP) is 1.52. The van der Waals surface area contributed by atoms with Crippen LogP contribution in [0.1, 0.15) is 5.56 Å². The van der Waals surface area contributed by atoms with Gasteiger partial charge in [0.15, 0.2) is 23.0 Å². The molecule has 0 unspecified atom stereocenters. The van der Waals surface area contributed by atoms with Crippen molar-refractivity contribution in [3.63, 3.8) is 0 Å². The Morgan fingerprint density at radius 3 is 2.39 bits per heavy atom. The van der Waals surface area contributed by atoms with Crippen LogP contribution in [0.3, 0.4) is 0 Å². The van der Waals surface area contributed by atoms with Crippen molar-refractivity contribution >= 4 is 21.6 Å². The number of amides is 1. The van der Waals surface area contributed by atoms with Gasteiger partial charge in [-0.2, -0.15) is 0 Å². The largest absolute Gasteiger partial charge is 0.493 e. The van der Waals surface area contributed by atoms with Crippen molar-refractivity contribution in [2.45, 2.75) is 6.54 Å². The van der Waals surface area contributed by atoms with Gasteiger partial charge in [-0.1, -0.05) is 0 Å². The maximum absolute atomic E-state index is 12.6. The summed E-state index contributed by atoms with van der Waals surface area (Å²) < 4.78 is 52.2. The van der Waals surface area contributed by atoms with E-state index in [0.717, 1.165) is 10.6 Å². The number of ether oxygens (including phenoxy) is 5. The first kappa shape index (κ1) is 22.3. The molecule has 11 heteroatoms. The van der Waals surface area contributed by atoms with E-state index in [4.69, 9.17) is 23.7 Å². The van der Waals surface area contributed by atoms with Gasteiger partial charge in [-0.15, -0.1) is 0 Å². The first-order valence-corrected chi connectivity index (χ1v) is 11.0. The number of nitrogens with zero attached hydrogens (tertiary/aromatic N) is 1. The number of carbonyl (C=O) groups excluding carboxylic acids is 1. The maximum Gasteiger partial charge on any atom is 0.241 e. The van der Waals surface area contributed by atoms with Crippen molar-refractivity contribution in [1.29, 1.82) is 0 Å². The second-order valence-corrected chi connectivity index (χ2v) is 8.48. The van der Waals surface area contributed by atoms with E-state index in [9.17, 15) is 13.2 Å². The summed E-state index contributed by atoms with van der Waals surface area (Å²) in [5.41, 5.74) is 0.938. The van der Waals surface area contributed by atoms with E-state index in [0.29, 0.717) is 40.0 Å². The number of rotatable bonds is 9. The summed E-state index contributed by atoms with van der Waals surface area (Å²) in [6, 6.07) is 8.10. The third-order valence-electron chi connectivity index (χ3n) is 4.59. The van der Waals surface area contributed by atoms with Gasteiger partial charge in [-0.25, -0.2) is 8.42 Å². The monoisotopic (exact) mass is 452 g/mol. The molecule has 3 rings (SSSR count). The zero-order chi connectivity index (χ0) is 22.6. The molecule has 2 aromatic rings. The molecule has 0 saturated heterocycles. The Balaban J connectivity index is 1.76. The fraction of sp³-hybridized carbons (Fsp3) is 0.350. The number of benzene rings is 2. The zero-order valence-corrected chi connectivity index (χ0v) is 18.4. The highest BCUT2D eigenvalue weighted by atomic mass is 32.2. The second kappa shape index (κ2) is 9.21. The zero-order valence-electron chi connectivity index (χ0n) is 17.6. The summed E-state index contributed by atoms with van der Waals surface area (Å²) in [4.78, 5) is 12.6. The van der Waals surface area contributed by atoms with E-state index in [1.807, 2.05) is 0 Å². The van der Waals surface area contributed by atoms with Gasteiger partial charge in [0.05, 0.1) is 33.3 Å². The lowest BCUT2D eigenvalue weighted by Crippen LogP contribution is -2.40. The summed E-state index contributed by atoms with van der Waals surface area (Å²) in [6.07, 6.45) is 1.03. The van der Waals surface area contributed by atoms with Crippen molar-refractivity contribution in [2.24, 2.45) is 0 Å². The molecule has 0 spiro atoms. The molecule has 10 nitrogen and oxygen atoms in total. The minimum Gasteiger partial charge on any atom is -0.493 e. The van der Waals surface area contributed by atoms with E-state index < -0.39 is 22.5 Å². The van der Waals surface area contributed by atoms with Gasteiger partial charge in [0.25, 0.3) is 0 Å². The van der Waals surface area contributed by atoms with Gasteiger partial charge in [-0.3, -0.25) is 9.10 Å².